The minimum absolute atomic E-state index is 0.0818. The lowest BCUT2D eigenvalue weighted by Crippen LogP contribution is -2.33. The number of carboxylic acids is 1. The van der Waals surface area contributed by atoms with Crippen LogP contribution in [0.2, 0.25) is 0 Å². The molecule has 0 aromatic rings. The van der Waals surface area contributed by atoms with Crippen LogP contribution >= 0.6 is 0 Å². The molecule has 0 radical (unpaired) electrons. The summed E-state index contributed by atoms with van der Waals surface area (Å²) >= 11 is 0. The molecule has 0 unspecified atom stereocenters. The van der Waals surface area contributed by atoms with Gasteiger partial charge in [0, 0.05) is 31.4 Å². The van der Waals surface area contributed by atoms with Crippen LogP contribution in [0, 0.1) is 5.92 Å². The highest BCUT2D eigenvalue weighted by atomic mass is 16.4. The van der Waals surface area contributed by atoms with Crippen molar-refractivity contribution in [2.45, 2.75) is 13.3 Å². The second kappa shape index (κ2) is 2.90. The van der Waals surface area contributed by atoms with Crippen molar-refractivity contribution < 1.29 is 14.7 Å². The number of amides is 1. The first-order valence-electron chi connectivity index (χ1n) is 3.63. The second-order valence-corrected chi connectivity index (χ2v) is 2.65. The molecule has 4 heteroatoms. The minimum atomic E-state index is -1.12. The summed E-state index contributed by atoms with van der Waals surface area (Å²) in [5, 5.41) is 10.3. The Labute approximate surface area is 64.8 Å². The maximum atomic E-state index is 11.0. The molecule has 0 spiro atoms. The van der Waals surface area contributed by atoms with Crippen molar-refractivity contribution in [2.75, 3.05) is 13.1 Å². The number of rotatable bonds is 2. The summed E-state index contributed by atoms with van der Waals surface area (Å²) in [6, 6.07) is 0. The van der Waals surface area contributed by atoms with Crippen LogP contribution in [0.5, 0.6) is 0 Å². The molecule has 1 rings (SSSR count). The minimum Gasteiger partial charge on any atom is -0.550 e. The standard InChI is InChI=1S/C7H11NO3/c1-2-8-4-5(7(10)11)3-6(8)9/h5H,2-4H2,1H3,(H,10,11)/p-1/t5-/m0/s1. The van der Waals surface area contributed by atoms with E-state index in [2.05, 4.69) is 0 Å². The molecule has 1 fully saturated rings. The average molecular weight is 156 g/mol. The molecule has 0 bridgehead atoms. The molecule has 0 aromatic carbocycles. The summed E-state index contributed by atoms with van der Waals surface area (Å²) in [6.45, 7) is 2.73. The average Bonchev–Trinajstić information content (AvgIpc) is 2.31. The van der Waals surface area contributed by atoms with E-state index in [1.54, 1.807) is 0 Å². The third-order valence-electron chi connectivity index (χ3n) is 1.93. The van der Waals surface area contributed by atoms with Crippen LogP contribution < -0.4 is 5.11 Å². The Morgan fingerprint density at radius 3 is 2.73 bits per heavy atom. The molecule has 1 aliphatic heterocycles. The van der Waals surface area contributed by atoms with Crippen LogP contribution in [-0.4, -0.2) is 29.9 Å². The van der Waals surface area contributed by atoms with Crippen LogP contribution in [-0.2, 0) is 9.59 Å². The van der Waals surface area contributed by atoms with Gasteiger partial charge in [0.1, 0.15) is 0 Å². The highest BCUT2D eigenvalue weighted by molar-refractivity contribution is 5.85. The Balaban J connectivity index is 2.56. The van der Waals surface area contributed by atoms with Gasteiger partial charge in [-0.05, 0) is 6.92 Å². The number of hydrogen-bond donors (Lipinski definition) is 0. The van der Waals surface area contributed by atoms with Gasteiger partial charge in [0.15, 0.2) is 0 Å². The van der Waals surface area contributed by atoms with Gasteiger partial charge >= 0.3 is 0 Å². The van der Waals surface area contributed by atoms with Crippen LogP contribution in [0.3, 0.4) is 0 Å². The maximum absolute atomic E-state index is 11.0. The normalized spacial score (nSPS) is 24.3. The molecule has 1 saturated heterocycles. The fourth-order valence-corrected chi connectivity index (χ4v) is 1.24. The van der Waals surface area contributed by atoms with Gasteiger partial charge in [0.05, 0.1) is 0 Å². The quantitative estimate of drug-likeness (QED) is 0.494. The van der Waals surface area contributed by atoms with Crippen LogP contribution in [0.15, 0.2) is 0 Å². The van der Waals surface area contributed by atoms with E-state index in [4.69, 9.17) is 0 Å². The molecule has 0 saturated carbocycles. The summed E-state index contributed by atoms with van der Waals surface area (Å²) in [7, 11) is 0. The Bertz CT molecular complexity index is 190. The Hall–Kier alpha value is -1.06. The number of carbonyl (C=O) groups is 2. The van der Waals surface area contributed by atoms with E-state index >= 15 is 0 Å². The summed E-state index contributed by atoms with van der Waals surface area (Å²) in [4.78, 5) is 22.8. The molecule has 11 heavy (non-hydrogen) atoms. The fourth-order valence-electron chi connectivity index (χ4n) is 1.24. The van der Waals surface area contributed by atoms with Crippen molar-refractivity contribution in [3.63, 3.8) is 0 Å². The molecular formula is C7H10NO3-. The predicted octanol–water partition coefficient (Wildman–Crippen LogP) is -1.40. The number of aliphatic carboxylic acids is 1. The van der Waals surface area contributed by atoms with Crippen LogP contribution in [0.25, 0.3) is 0 Å². The van der Waals surface area contributed by atoms with Gasteiger partial charge in [-0.25, -0.2) is 0 Å². The van der Waals surface area contributed by atoms with E-state index in [0.717, 1.165) is 0 Å². The fraction of sp³-hybridized carbons (Fsp3) is 0.714. The van der Waals surface area contributed by atoms with Gasteiger partial charge in [-0.2, -0.15) is 0 Å². The second-order valence-electron chi connectivity index (χ2n) is 2.65. The van der Waals surface area contributed by atoms with Crippen LogP contribution in [0.4, 0.5) is 0 Å². The summed E-state index contributed by atoms with van der Waals surface area (Å²) in [5.41, 5.74) is 0. The van der Waals surface area contributed by atoms with Crippen molar-refractivity contribution in [3.8, 4) is 0 Å². The lowest BCUT2D eigenvalue weighted by molar-refractivity contribution is -0.311. The first-order chi connectivity index (χ1) is 5.15. The SMILES string of the molecule is CCN1C[C@@H](C(=O)[O-])CC1=O. The number of nitrogens with zero attached hydrogens (tertiary/aromatic N) is 1. The smallest absolute Gasteiger partial charge is 0.223 e. The number of carboxylic acid groups (broad SMARTS) is 1. The van der Waals surface area contributed by atoms with Gasteiger partial charge in [0.25, 0.3) is 0 Å². The van der Waals surface area contributed by atoms with E-state index in [9.17, 15) is 14.7 Å². The zero-order chi connectivity index (χ0) is 8.43. The van der Waals surface area contributed by atoms with E-state index in [1.807, 2.05) is 6.92 Å². The molecule has 0 aliphatic carbocycles. The molecule has 1 aliphatic rings. The lowest BCUT2D eigenvalue weighted by Gasteiger charge is -2.13. The Morgan fingerprint density at radius 2 is 2.45 bits per heavy atom. The predicted molar refractivity (Wildman–Crippen MR) is 35.4 cm³/mol. The summed E-state index contributed by atoms with van der Waals surface area (Å²) in [5.74, 6) is -1.79. The van der Waals surface area contributed by atoms with Crippen molar-refractivity contribution in [2.24, 2.45) is 5.92 Å². The number of likely N-dealkylation sites (tertiary alicyclic amines) is 1. The first-order valence-corrected chi connectivity index (χ1v) is 3.63. The van der Waals surface area contributed by atoms with E-state index < -0.39 is 11.9 Å². The van der Waals surface area contributed by atoms with Gasteiger partial charge < -0.3 is 14.8 Å². The highest BCUT2D eigenvalue weighted by Gasteiger charge is 2.28. The maximum Gasteiger partial charge on any atom is 0.223 e. The topological polar surface area (TPSA) is 60.4 Å². The van der Waals surface area contributed by atoms with Crippen molar-refractivity contribution in [1.29, 1.82) is 0 Å². The van der Waals surface area contributed by atoms with Crippen molar-refractivity contribution >= 4 is 11.9 Å². The van der Waals surface area contributed by atoms with E-state index in [1.165, 1.54) is 4.90 Å². The lowest BCUT2D eigenvalue weighted by atomic mass is 10.1. The summed E-state index contributed by atoms with van der Waals surface area (Å²) < 4.78 is 0. The highest BCUT2D eigenvalue weighted by Crippen LogP contribution is 2.15. The Kier molecular flexibility index (Phi) is 2.12. The third kappa shape index (κ3) is 1.50. The zero-order valence-electron chi connectivity index (χ0n) is 6.37. The molecule has 1 heterocycles. The van der Waals surface area contributed by atoms with Crippen molar-refractivity contribution in [1.82, 2.24) is 4.90 Å². The molecule has 4 nitrogen and oxygen atoms in total. The van der Waals surface area contributed by atoms with Gasteiger partial charge in [-0.3, -0.25) is 4.79 Å². The zero-order valence-corrected chi connectivity index (χ0v) is 6.37. The molecule has 1 atom stereocenters. The Morgan fingerprint density at radius 1 is 1.82 bits per heavy atom. The monoisotopic (exact) mass is 156 g/mol. The van der Waals surface area contributed by atoms with Gasteiger partial charge in [-0.15, -0.1) is 0 Å². The van der Waals surface area contributed by atoms with E-state index in [-0.39, 0.29) is 12.3 Å². The largest absolute Gasteiger partial charge is 0.550 e. The summed E-state index contributed by atoms with van der Waals surface area (Å²) in [6.07, 6.45) is 0.107. The number of carbonyl (C=O) groups excluding carboxylic acids is 2. The third-order valence-corrected chi connectivity index (χ3v) is 1.93. The molecule has 62 valence electrons. The molecule has 1 amide bonds. The van der Waals surface area contributed by atoms with Gasteiger partial charge in [-0.1, -0.05) is 0 Å². The van der Waals surface area contributed by atoms with Crippen LogP contribution in [0.1, 0.15) is 13.3 Å². The molecule has 0 N–H and O–H groups in total. The van der Waals surface area contributed by atoms with E-state index in [0.29, 0.717) is 13.1 Å². The number of hydrogen-bond acceptors (Lipinski definition) is 3. The van der Waals surface area contributed by atoms with Crippen molar-refractivity contribution in [3.05, 3.63) is 0 Å². The molecule has 0 aromatic heterocycles. The first kappa shape index (κ1) is 8.04. The van der Waals surface area contributed by atoms with Gasteiger partial charge in [0.2, 0.25) is 5.91 Å². The molecular weight excluding hydrogens is 146 g/mol.